The summed E-state index contributed by atoms with van der Waals surface area (Å²) in [6, 6.07) is 10.9. The fraction of sp³-hybridized carbons (Fsp3) is 0.435. The number of anilines is 1. The monoisotopic (exact) mass is 474 g/mol. The molecule has 178 valence electrons. The average molecular weight is 475 g/mol. The molecule has 1 saturated heterocycles. The van der Waals surface area contributed by atoms with E-state index in [4.69, 9.17) is 0 Å². The van der Waals surface area contributed by atoms with Gasteiger partial charge in [0.2, 0.25) is 15.9 Å². The van der Waals surface area contributed by atoms with Gasteiger partial charge in [-0.3, -0.25) is 24.1 Å². The number of nitrogens with one attached hydrogen (secondary N) is 1. The van der Waals surface area contributed by atoms with Crippen molar-refractivity contribution in [3.05, 3.63) is 69.3 Å². The highest BCUT2D eigenvalue weighted by Gasteiger charge is 2.31. The Hall–Kier alpha value is -2.98. The molecule has 1 aliphatic heterocycles. The Balaban J connectivity index is 1.70. The predicted molar refractivity (Wildman–Crippen MR) is 127 cm³/mol. The van der Waals surface area contributed by atoms with Crippen LogP contribution in [0.4, 0.5) is 11.4 Å². The number of hydrogen-bond acceptors (Lipinski definition) is 6. The molecule has 0 aliphatic carbocycles. The third-order valence-electron chi connectivity index (χ3n) is 5.82. The minimum atomic E-state index is -3.88. The van der Waals surface area contributed by atoms with Gasteiger partial charge in [0.25, 0.3) is 5.69 Å². The van der Waals surface area contributed by atoms with Gasteiger partial charge < -0.3 is 5.32 Å². The van der Waals surface area contributed by atoms with E-state index in [-0.39, 0.29) is 17.9 Å². The second-order valence-corrected chi connectivity index (χ2v) is 10.3. The lowest BCUT2D eigenvalue weighted by molar-refractivity contribution is -0.384. The molecule has 1 heterocycles. The highest BCUT2D eigenvalue weighted by molar-refractivity contribution is 7.92. The smallest absolute Gasteiger partial charge is 0.271 e. The van der Waals surface area contributed by atoms with Crippen molar-refractivity contribution in [3.8, 4) is 0 Å². The van der Waals surface area contributed by atoms with Crippen LogP contribution in [0.5, 0.6) is 0 Å². The quantitative estimate of drug-likeness (QED) is 0.442. The van der Waals surface area contributed by atoms with Gasteiger partial charge in [0.15, 0.2) is 0 Å². The van der Waals surface area contributed by atoms with Crippen molar-refractivity contribution in [2.24, 2.45) is 0 Å². The van der Waals surface area contributed by atoms with Crippen LogP contribution < -0.4 is 9.62 Å². The van der Waals surface area contributed by atoms with Crippen molar-refractivity contribution >= 4 is 27.3 Å². The molecular weight excluding hydrogens is 444 g/mol. The Morgan fingerprint density at radius 1 is 1.15 bits per heavy atom. The van der Waals surface area contributed by atoms with E-state index in [1.165, 1.54) is 43.5 Å². The molecule has 33 heavy (non-hydrogen) atoms. The van der Waals surface area contributed by atoms with Crippen LogP contribution in [0.25, 0.3) is 0 Å². The number of amides is 1. The zero-order chi connectivity index (χ0) is 24.2. The zero-order valence-electron chi connectivity index (χ0n) is 19.2. The second-order valence-electron chi connectivity index (χ2n) is 8.48. The summed E-state index contributed by atoms with van der Waals surface area (Å²) in [7, 11) is -3.88. The fourth-order valence-corrected chi connectivity index (χ4v) is 5.25. The molecule has 1 aliphatic rings. The first-order valence-electron chi connectivity index (χ1n) is 10.9. The van der Waals surface area contributed by atoms with E-state index >= 15 is 0 Å². The molecule has 0 spiro atoms. The van der Waals surface area contributed by atoms with Crippen molar-refractivity contribution in [1.82, 2.24) is 10.2 Å². The maximum atomic E-state index is 12.8. The van der Waals surface area contributed by atoms with Crippen molar-refractivity contribution in [3.63, 3.8) is 0 Å². The largest absolute Gasteiger partial charge is 0.350 e. The Kier molecular flexibility index (Phi) is 7.70. The molecule has 9 nitrogen and oxygen atoms in total. The third-order valence-corrected chi connectivity index (χ3v) is 7.05. The number of likely N-dealkylation sites (tertiary alicyclic amines) is 1. The summed E-state index contributed by atoms with van der Waals surface area (Å²) in [6.45, 7) is 6.51. The first kappa shape index (κ1) is 24.7. The van der Waals surface area contributed by atoms with Gasteiger partial charge >= 0.3 is 0 Å². The highest BCUT2D eigenvalue weighted by Crippen LogP contribution is 2.29. The number of sulfonamides is 1. The molecule has 1 fully saturated rings. The first-order valence-corrected chi connectivity index (χ1v) is 12.7. The van der Waals surface area contributed by atoms with E-state index in [0.717, 1.165) is 35.8 Å². The lowest BCUT2D eigenvalue weighted by Crippen LogP contribution is -2.48. The van der Waals surface area contributed by atoms with Gasteiger partial charge in [0.1, 0.15) is 6.04 Å². The number of rotatable bonds is 9. The van der Waals surface area contributed by atoms with Crippen molar-refractivity contribution in [1.29, 1.82) is 0 Å². The van der Waals surface area contributed by atoms with E-state index in [0.29, 0.717) is 5.56 Å². The molecule has 0 saturated carbocycles. The molecule has 0 bridgehead atoms. The number of nitro benzene ring substituents is 1. The van der Waals surface area contributed by atoms with Gasteiger partial charge in [0.05, 0.1) is 16.9 Å². The van der Waals surface area contributed by atoms with Crippen LogP contribution in [0.3, 0.4) is 0 Å². The highest BCUT2D eigenvalue weighted by atomic mass is 32.2. The number of carbonyl (C=O) groups is 1. The maximum Gasteiger partial charge on any atom is 0.271 e. The molecule has 1 unspecified atom stereocenters. The Bertz CT molecular complexity index is 1110. The Morgan fingerprint density at radius 3 is 2.33 bits per heavy atom. The summed E-state index contributed by atoms with van der Waals surface area (Å²) in [5.41, 5.74) is 2.49. The summed E-state index contributed by atoms with van der Waals surface area (Å²) >= 11 is 0. The standard InChI is InChI=1S/C23H30N4O5S/c1-17-6-11-21(27(29)30)14-22(17)26(33(3,31)32)18(2)23(28)24-15-19-7-9-20(10-8-19)16-25-12-4-5-13-25/h6-11,14,18H,4-5,12-13,15-16H2,1-3H3,(H,24,28). The molecule has 1 amide bonds. The van der Waals surface area contributed by atoms with Gasteiger partial charge in [-0.05, 0) is 56.5 Å². The van der Waals surface area contributed by atoms with Crippen LogP contribution in [0.15, 0.2) is 42.5 Å². The minimum absolute atomic E-state index is 0.112. The average Bonchev–Trinajstić information content (AvgIpc) is 3.26. The number of non-ortho nitro benzene ring substituents is 1. The molecule has 2 aromatic carbocycles. The van der Waals surface area contributed by atoms with Gasteiger partial charge in [-0.1, -0.05) is 30.3 Å². The van der Waals surface area contributed by atoms with Crippen molar-refractivity contribution < 1.29 is 18.1 Å². The van der Waals surface area contributed by atoms with E-state index < -0.39 is 26.9 Å². The maximum absolute atomic E-state index is 12.8. The molecule has 10 heteroatoms. The van der Waals surface area contributed by atoms with Crippen LogP contribution in [0.2, 0.25) is 0 Å². The molecule has 0 radical (unpaired) electrons. The lowest BCUT2D eigenvalue weighted by atomic mass is 10.1. The van der Waals surface area contributed by atoms with Gasteiger partial charge in [-0.15, -0.1) is 0 Å². The molecule has 1 atom stereocenters. The summed E-state index contributed by atoms with van der Waals surface area (Å²) < 4.78 is 26.0. The van der Waals surface area contributed by atoms with Gasteiger partial charge in [0, 0.05) is 25.2 Å². The SMILES string of the molecule is Cc1ccc([N+](=O)[O-])cc1N(C(C)C(=O)NCc1ccc(CN2CCCC2)cc1)S(C)(=O)=O. The van der Waals surface area contributed by atoms with Crippen LogP contribution in [-0.4, -0.2) is 49.5 Å². The van der Waals surface area contributed by atoms with E-state index in [1.54, 1.807) is 6.92 Å². The molecular formula is C23H30N4O5S. The number of nitrogens with zero attached hydrogens (tertiary/aromatic N) is 3. The van der Waals surface area contributed by atoms with Crippen molar-refractivity contribution in [2.75, 3.05) is 23.7 Å². The second kappa shape index (κ2) is 10.3. The number of nitro groups is 1. The lowest BCUT2D eigenvalue weighted by Gasteiger charge is -2.29. The van der Waals surface area contributed by atoms with Gasteiger partial charge in [-0.25, -0.2) is 8.42 Å². The Labute approximate surface area is 194 Å². The molecule has 0 aromatic heterocycles. The van der Waals surface area contributed by atoms with E-state index in [2.05, 4.69) is 10.2 Å². The summed E-state index contributed by atoms with van der Waals surface area (Å²) in [6.07, 6.45) is 3.46. The van der Waals surface area contributed by atoms with Crippen LogP contribution in [-0.2, 0) is 27.9 Å². The molecule has 2 aromatic rings. The zero-order valence-corrected chi connectivity index (χ0v) is 20.0. The number of carbonyl (C=O) groups excluding carboxylic acids is 1. The predicted octanol–water partition coefficient (Wildman–Crippen LogP) is 2.97. The Morgan fingerprint density at radius 2 is 1.76 bits per heavy atom. The van der Waals surface area contributed by atoms with Crippen LogP contribution >= 0.6 is 0 Å². The summed E-state index contributed by atoms with van der Waals surface area (Å²) in [5.74, 6) is -0.493. The molecule has 3 rings (SSSR count). The van der Waals surface area contributed by atoms with Gasteiger partial charge in [-0.2, -0.15) is 0 Å². The first-order chi connectivity index (χ1) is 15.6. The van der Waals surface area contributed by atoms with Crippen molar-refractivity contribution in [2.45, 2.75) is 45.8 Å². The fourth-order valence-electron chi connectivity index (χ4n) is 4.03. The molecule has 1 N–H and O–H groups in total. The summed E-state index contributed by atoms with van der Waals surface area (Å²) in [4.78, 5) is 25.8. The topological polar surface area (TPSA) is 113 Å². The normalized spacial score (nSPS) is 15.2. The minimum Gasteiger partial charge on any atom is -0.350 e. The number of aryl methyl sites for hydroxylation is 1. The number of hydrogen-bond donors (Lipinski definition) is 1. The van der Waals surface area contributed by atoms with Crippen LogP contribution in [0, 0.1) is 17.0 Å². The summed E-state index contributed by atoms with van der Waals surface area (Å²) in [5, 5.41) is 14.0. The van der Waals surface area contributed by atoms with E-state index in [9.17, 15) is 23.3 Å². The van der Waals surface area contributed by atoms with E-state index in [1.807, 2.05) is 24.3 Å². The third kappa shape index (κ3) is 6.29. The van der Waals surface area contributed by atoms with Crippen LogP contribution in [0.1, 0.15) is 36.5 Å². The number of benzene rings is 2.